The van der Waals surface area contributed by atoms with Gasteiger partial charge in [0.15, 0.2) is 5.82 Å². The molecule has 0 unspecified atom stereocenters. The van der Waals surface area contributed by atoms with Crippen LogP contribution < -0.4 is 5.32 Å². The number of nitro groups is 1. The number of hydrogen-bond acceptors (Lipinski definition) is 5. The lowest BCUT2D eigenvalue weighted by Gasteiger charge is -2.37. The molecule has 1 aliphatic heterocycles. The van der Waals surface area contributed by atoms with E-state index in [1.54, 1.807) is 11.5 Å². The van der Waals surface area contributed by atoms with Crippen LogP contribution in [0.5, 0.6) is 0 Å². The Morgan fingerprint density at radius 3 is 2.89 bits per heavy atom. The average Bonchev–Trinajstić information content (AvgIpc) is 2.63. The Bertz CT molecular complexity index is 427. The molecular weight excluding hydrogens is 234 g/mol. The molecule has 1 N–H and O–H groups in total. The molecule has 1 aromatic heterocycles. The van der Waals surface area contributed by atoms with Gasteiger partial charge in [-0.2, -0.15) is 0 Å². The third kappa shape index (κ3) is 2.51. The first-order chi connectivity index (χ1) is 8.63. The Labute approximate surface area is 106 Å². The second-order valence-corrected chi connectivity index (χ2v) is 4.51. The van der Waals surface area contributed by atoms with Gasteiger partial charge in [0.25, 0.3) is 0 Å². The summed E-state index contributed by atoms with van der Waals surface area (Å²) in [6.45, 7) is 8.35. The van der Waals surface area contributed by atoms with Crippen molar-refractivity contribution in [3.63, 3.8) is 0 Å². The zero-order valence-electron chi connectivity index (χ0n) is 10.8. The van der Waals surface area contributed by atoms with Gasteiger partial charge in [0, 0.05) is 32.6 Å². The normalized spacial score (nSPS) is 15.9. The minimum atomic E-state index is -0.374. The van der Waals surface area contributed by atoms with Crippen LogP contribution in [0.1, 0.15) is 12.7 Å². The van der Waals surface area contributed by atoms with Gasteiger partial charge < -0.3 is 15.4 Å². The van der Waals surface area contributed by atoms with E-state index in [2.05, 4.69) is 22.1 Å². The summed E-state index contributed by atoms with van der Waals surface area (Å²) in [7, 11) is 0. The summed E-state index contributed by atoms with van der Waals surface area (Å²) in [6.07, 6.45) is 1.33. The van der Waals surface area contributed by atoms with E-state index in [0.29, 0.717) is 18.4 Å². The highest BCUT2D eigenvalue weighted by atomic mass is 16.6. The summed E-state index contributed by atoms with van der Waals surface area (Å²) in [5, 5.41) is 14.1. The van der Waals surface area contributed by atoms with Crippen LogP contribution in [-0.2, 0) is 6.54 Å². The predicted octanol–water partition coefficient (Wildman–Crippen LogP) is 0.393. The topological polar surface area (TPSA) is 76.2 Å². The van der Waals surface area contributed by atoms with Crippen LogP contribution in [0.2, 0.25) is 0 Å². The number of aryl methyl sites for hydroxylation is 1. The Hall–Kier alpha value is -1.47. The maximum atomic E-state index is 10.9. The van der Waals surface area contributed by atoms with Crippen molar-refractivity contribution in [3.8, 4) is 0 Å². The van der Waals surface area contributed by atoms with Crippen molar-refractivity contribution >= 4 is 5.82 Å². The standard InChI is InChI=1S/C11H19N5O2/c1-3-14(10-6-12-7-10)4-5-15-9(2)13-8-11(15)16(17)18/h8,10,12H,3-7H2,1-2H3. The molecule has 18 heavy (non-hydrogen) atoms. The van der Waals surface area contributed by atoms with Gasteiger partial charge in [-0.3, -0.25) is 4.90 Å². The molecule has 0 spiro atoms. The van der Waals surface area contributed by atoms with Crippen LogP contribution in [0.3, 0.4) is 0 Å². The zero-order valence-corrected chi connectivity index (χ0v) is 10.8. The molecule has 2 rings (SSSR count). The Kier molecular flexibility index (Phi) is 3.93. The van der Waals surface area contributed by atoms with Gasteiger partial charge in [-0.1, -0.05) is 6.92 Å². The van der Waals surface area contributed by atoms with Crippen LogP contribution in [-0.4, -0.2) is 51.6 Å². The number of rotatable bonds is 6. The highest BCUT2D eigenvalue weighted by Gasteiger charge is 2.25. The highest BCUT2D eigenvalue weighted by molar-refractivity contribution is 5.18. The predicted molar refractivity (Wildman–Crippen MR) is 67.5 cm³/mol. The maximum absolute atomic E-state index is 10.9. The molecule has 7 heteroatoms. The van der Waals surface area contributed by atoms with E-state index >= 15 is 0 Å². The summed E-state index contributed by atoms with van der Waals surface area (Å²) in [6, 6.07) is 0.567. The summed E-state index contributed by atoms with van der Waals surface area (Å²) < 4.78 is 1.68. The first kappa shape index (κ1) is 13.0. The fraction of sp³-hybridized carbons (Fsp3) is 0.727. The lowest BCUT2D eigenvalue weighted by molar-refractivity contribution is -0.392. The molecule has 0 radical (unpaired) electrons. The maximum Gasteiger partial charge on any atom is 0.342 e. The van der Waals surface area contributed by atoms with Gasteiger partial charge in [0.1, 0.15) is 12.7 Å². The molecular formula is C11H19N5O2. The number of likely N-dealkylation sites (N-methyl/N-ethyl adjacent to an activating group) is 1. The number of aromatic nitrogens is 2. The molecule has 100 valence electrons. The molecule has 2 heterocycles. The molecule has 0 aromatic carbocycles. The molecule has 1 aliphatic rings. The molecule has 1 saturated heterocycles. The molecule has 1 aromatic rings. The number of imidazole rings is 1. The van der Waals surface area contributed by atoms with Crippen molar-refractivity contribution in [2.45, 2.75) is 26.4 Å². The highest BCUT2D eigenvalue weighted by Crippen LogP contribution is 2.14. The van der Waals surface area contributed by atoms with Crippen molar-refractivity contribution < 1.29 is 4.92 Å². The van der Waals surface area contributed by atoms with Gasteiger partial charge in [-0.25, -0.2) is 9.55 Å². The van der Waals surface area contributed by atoms with Crippen molar-refractivity contribution in [1.29, 1.82) is 0 Å². The van der Waals surface area contributed by atoms with Crippen molar-refractivity contribution in [2.24, 2.45) is 0 Å². The zero-order chi connectivity index (χ0) is 13.1. The first-order valence-corrected chi connectivity index (χ1v) is 6.24. The fourth-order valence-corrected chi connectivity index (χ4v) is 2.24. The van der Waals surface area contributed by atoms with Crippen molar-refractivity contribution in [1.82, 2.24) is 19.8 Å². The molecule has 0 atom stereocenters. The largest absolute Gasteiger partial charge is 0.358 e. The van der Waals surface area contributed by atoms with E-state index in [0.717, 1.165) is 26.2 Å². The Morgan fingerprint density at radius 2 is 2.39 bits per heavy atom. The third-order valence-electron chi connectivity index (χ3n) is 3.51. The van der Waals surface area contributed by atoms with Gasteiger partial charge in [0.2, 0.25) is 0 Å². The smallest absolute Gasteiger partial charge is 0.342 e. The molecule has 0 saturated carbocycles. The minimum Gasteiger partial charge on any atom is -0.358 e. The van der Waals surface area contributed by atoms with Crippen molar-refractivity contribution in [3.05, 3.63) is 22.1 Å². The summed E-state index contributed by atoms with van der Waals surface area (Å²) in [5.74, 6) is 0.778. The van der Waals surface area contributed by atoms with Gasteiger partial charge in [0.05, 0.1) is 0 Å². The van der Waals surface area contributed by atoms with E-state index in [4.69, 9.17) is 0 Å². The van der Waals surface area contributed by atoms with Crippen LogP contribution >= 0.6 is 0 Å². The van der Waals surface area contributed by atoms with Gasteiger partial charge in [-0.05, 0) is 11.5 Å². The average molecular weight is 253 g/mol. The summed E-state index contributed by atoms with van der Waals surface area (Å²) in [4.78, 5) is 16.9. The van der Waals surface area contributed by atoms with Crippen molar-refractivity contribution in [2.75, 3.05) is 26.2 Å². The first-order valence-electron chi connectivity index (χ1n) is 6.24. The molecule has 0 aliphatic carbocycles. The van der Waals surface area contributed by atoms with Gasteiger partial charge >= 0.3 is 5.82 Å². The Balaban J connectivity index is 2.00. The van der Waals surface area contributed by atoms with E-state index in [1.807, 2.05) is 0 Å². The number of hydrogen-bond donors (Lipinski definition) is 1. The number of nitrogens with one attached hydrogen (secondary N) is 1. The van der Waals surface area contributed by atoms with Crippen LogP contribution in [0, 0.1) is 17.0 Å². The van der Waals surface area contributed by atoms with E-state index in [9.17, 15) is 10.1 Å². The minimum absolute atomic E-state index is 0.0790. The van der Waals surface area contributed by atoms with E-state index in [1.165, 1.54) is 6.20 Å². The lowest BCUT2D eigenvalue weighted by atomic mass is 10.1. The fourth-order valence-electron chi connectivity index (χ4n) is 2.24. The van der Waals surface area contributed by atoms with E-state index < -0.39 is 0 Å². The molecule has 0 bridgehead atoms. The van der Waals surface area contributed by atoms with Crippen LogP contribution in [0.25, 0.3) is 0 Å². The summed E-state index contributed by atoms with van der Waals surface area (Å²) >= 11 is 0. The molecule has 0 amide bonds. The second kappa shape index (κ2) is 5.45. The van der Waals surface area contributed by atoms with Gasteiger partial charge in [-0.15, -0.1) is 0 Å². The molecule has 7 nitrogen and oxygen atoms in total. The van der Waals surface area contributed by atoms with Crippen LogP contribution in [0.4, 0.5) is 5.82 Å². The Morgan fingerprint density at radius 1 is 1.67 bits per heavy atom. The van der Waals surface area contributed by atoms with E-state index in [-0.39, 0.29) is 10.7 Å². The SMILES string of the molecule is CCN(CCn1c([N+](=O)[O-])cnc1C)C1CNC1. The number of nitrogens with zero attached hydrogens (tertiary/aromatic N) is 4. The van der Waals surface area contributed by atoms with Crippen LogP contribution in [0.15, 0.2) is 6.20 Å². The quantitative estimate of drug-likeness (QED) is 0.586. The monoisotopic (exact) mass is 253 g/mol. The second-order valence-electron chi connectivity index (χ2n) is 4.51. The lowest BCUT2D eigenvalue weighted by Crippen LogP contribution is -2.57. The summed E-state index contributed by atoms with van der Waals surface area (Å²) in [5.41, 5.74) is 0. The molecule has 1 fully saturated rings. The third-order valence-corrected chi connectivity index (χ3v) is 3.51.